The molecule has 0 saturated carbocycles. The van der Waals surface area contributed by atoms with Gasteiger partial charge < -0.3 is 4.42 Å². The largest absolute Gasteiger partial charge is 0.452 e. The highest BCUT2D eigenvalue weighted by molar-refractivity contribution is 7.26. The van der Waals surface area contributed by atoms with Crippen LogP contribution in [-0.2, 0) is 0 Å². The molecule has 7 nitrogen and oxygen atoms in total. The third kappa shape index (κ3) is 8.28. The van der Waals surface area contributed by atoms with Crippen molar-refractivity contribution in [1.82, 2.24) is 29.1 Å². The van der Waals surface area contributed by atoms with E-state index in [9.17, 15) is 0 Å². The molecule has 92 heavy (non-hydrogen) atoms. The van der Waals surface area contributed by atoms with Crippen molar-refractivity contribution >= 4 is 140 Å². The number of hydrogen-bond acceptors (Lipinski definition) is 6. The van der Waals surface area contributed by atoms with E-state index in [1.54, 1.807) is 11.3 Å². The van der Waals surface area contributed by atoms with Gasteiger partial charge in [0.15, 0.2) is 5.58 Å². The van der Waals surface area contributed by atoms with Crippen LogP contribution in [-0.4, -0.2) is 29.1 Å². The number of nitrogens with zero attached hydrogens (tertiary/aromatic N) is 6. The average molecular weight is 1190 g/mol. The summed E-state index contributed by atoms with van der Waals surface area (Å²) in [5.74, 6) is 1.30. The number of benzene rings is 14. The highest BCUT2D eigenvalue weighted by Gasteiger charge is 2.25. The molecule has 0 amide bonds. The maximum Gasteiger partial charge on any atom is 0.236 e. The normalized spacial score (nSPS) is 11.9. The first kappa shape index (κ1) is 51.9. The Morgan fingerprint density at radius 1 is 0.272 bits per heavy atom. The molecule has 0 aliphatic carbocycles. The van der Waals surface area contributed by atoms with Gasteiger partial charge in [0, 0.05) is 48.1 Å². The molecule has 6 heterocycles. The molecular weight excluding hydrogens is 1140 g/mol. The molecular formula is C84H50N6OS. The maximum absolute atomic E-state index is 6.48. The van der Waals surface area contributed by atoms with Gasteiger partial charge in [0.1, 0.15) is 16.8 Å². The van der Waals surface area contributed by atoms with Crippen molar-refractivity contribution in [2.75, 3.05) is 0 Å². The number of fused-ring (bicyclic) bond motifs is 18. The molecule has 0 aliphatic rings. The smallest absolute Gasteiger partial charge is 0.236 e. The summed E-state index contributed by atoms with van der Waals surface area (Å²) >= 11 is 1.77. The standard InChI is InChI=1S/C42H25N3O.C42H25N3S/c2*1-2-10-26(11-3-1)27-18-20-29(21-19-27)39-41-40(33-16-8-9-17-37(33)46-41)44-42(43-39)45-35-23-22-28-12-6-7-15-32(28)38(35)34-24-30-13-4-5-14-31(30)25-36(34)45/h2*1-25H. The van der Waals surface area contributed by atoms with Crippen molar-refractivity contribution in [2.24, 2.45) is 0 Å². The Morgan fingerprint density at radius 3 is 1.22 bits per heavy atom. The predicted octanol–water partition coefficient (Wildman–Crippen LogP) is 22.7. The zero-order valence-corrected chi connectivity index (χ0v) is 50.2. The first-order chi connectivity index (χ1) is 45.6. The Bertz CT molecular complexity index is 5970. The van der Waals surface area contributed by atoms with Gasteiger partial charge >= 0.3 is 0 Å². The van der Waals surface area contributed by atoms with Crippen molar-refractivity contribution in [2.45, 2.75) is 0 Å². The molecule has 8 heteroatoms. The molecule has 6 aromatic heterocycles. The molecule has 428 valence electrons. The highest BCUT2D eigenvalue weighted by Crippen LogP contribution is 2.45. The van der Waals surface area contributed by atoms with Gasteiger partial charge in [-0.15, -0.1) is 11.3 Å². The second kappa shape index (κ2) is 20.8. The van der Waals surface area contributed by atoms with E-state index in [0.717, 1.165) is 82.2 Å². The van der Waals surface area contributed by atoms with E-state index in [1.165, 1.54) is 86.0 Å². The molecule has 0 unspecified atom stereocenters. The molecule has 0 atom stereocenters. The fourth-order valence-corrected chi connectivity index (χ4v) is 15.2. The zero-order chi connectivity index (χ0) is 60.4. The van der Waals surface area contributed by atoms with E-state index in [2.05, 4.69) is 288 Å². The van der Waals surface area contributed by atoms with Crippen LogP contribution >= 0.6 is 11.3 Å². The van der Waals surface area contributed by atoms with Gasteiger partial charge in [0.05, 0.1) is 38.0 Å². The lowest BCUT2D eigenvalue weighted by Gasteiger charge is -2.11. The fraction of sp³-hybridized carbons (Fsp3) is 0. The topological polar surface area (TPSA) is 74.6 Å². The molecule has 0 fully saturated rings. The van der Waals surface area contributed by atoms with Crippen LogP contribution < -0.4 is 0 Å². The van der Waals surface area contributed by atoms with E-state index in [4.69, 9.17) is 24.4 Å². The van der Waals surface area contributed by atoms with Crippen LogP contribution in [0.15, 0.2) is 308 Å². The molecule has 20 rings (SSSR count). The molecule has 0 aliphatic heterocycles. The summed E-state index contributed by atoms with van der Waals surface area (Å²) in [4.78, 5) is 21.4. The van der Waals surface area contributed by atoms with Gasteiger partial charge in [-0.2, -0.15) is 0 Å². The van der Waals surface area contributed by atoms with Crippen molar-refractivity contribution in [3.8, 4) is 56.7 Å². The van der Waals surface area contributed by atoms with Gasteiger partial charge in [-0.1, -0.05) is 249 Å². The van der Waals surface area contributed by atoms with Crippen LogP contribution in [0.3, 0.4) is 0 Å². The summed E-state index contributed by atoms with van der Waals surface area (Å²) in [6, 6.07) is 107. The predicted molar refractivity (Wildman–Crippen MR) is 385 cm³/mol. The second-order valence-electron chi connectivity index (χ2n) is 23.6. The fourth-order valence-electron chi connectivity index (χ4n) is 14.0. The number of rotatable bonds is 6. The lowest BCUT2D eigenvalue weighted by atomic mass is 10.0. The van der Waals surface area contributed by atoms with Crippen LogP contribution in [0.25, 0.3) is 186 Å². The first-order valence-corrected chi connectivity index (χ1v) is 31.8. The lowest BCUT2D eigenvalue weighted by Crippen LogP contribution is -2.03. The summed E-state index contributed by atoms with van der Waals surface area (Å²) in [5, 5.41) is 16.6. The minimum Gasteiger partial charge on any atom is -0.452 e. The second-order valence-corrected chi connectivity index (χ2v) is 24.7. The number of thiophene rings is 1. The molecule has 14 aromatic carbocycles. The number of hydrogen-bond donors (Lipinski definition) is 0. The van der Waals surface area contributed by atoms with Crippen LogP contribution in [0.5, 0.6) is 0 Å². The van der Waals surface area contributed by atoms with Crippen LogP contribution in [0.4, 0.5) is 0 Å². The Kier molecular flexibility index (Phi) is 11.7. The monoisotopic (exact) mass is 1190 g/mol. The Labute approximate surface area is 530 Å². The van der Waals surface area contributed by atoms with Crippen molar-refractivity contribution in [1.29, 1.82) is 0 Å². The Hall–Kier alpha value is -12.1. The summed E-state index contributed by atoms with van der Waals surface area (Å²) in [5.41, 5.74) is 16.1. The van der Waals surface area contributed by atoms with E-state index in [-0.39, 0.29) is 0 Å². The third-order valence-corrected chi connectivity index (χ3v) is 19.6. The van der Waals surface area contributed by atoms with E-state index < -0.39 is 0 Å². The zero-order valence-electron chi connectivity index (χ0n) is 49.4. The van der Waals surface area contributed by atoms with Crippen molar-refractivity contribution in [3.63, 3.8) is 0 Å². The van der Waals surface area contributed by atoms with E-state index in [0.29, 0.717) is 17.5 Å². The summed E-state index contributed by atoms with van der Waals surface area (Å²) in [7, 11) is 0. The lowest BCUT2D eigenvalue weighted by molar-refractivity contribution is 0.666. The Morgan fingerprint density at radius 2 is 0.674 bits per heavy atom. The molecule has 0 saturated heterocycles. The van der Waals surface area contributed by atoms with Crippen LogP contribution in [0, 0.1) is 0 Å². The molecule has 20 aromatic rings. The summed E-state index contributed by atoms with van der Waals surface area (Å²) < 4.78 is 13.3. The first-order valence-electron chi connectivity index (χ1n) is 31.0. The summed E-state index contributed by atoms with van der Waals surface area (Å²) in [6.45, 7) is 0. The molecule has 0 N–H and O–H groups in total. The van der Waals surface area contributed by atoms with E-state index >= 15 is 0 Å². The van der Waals surface area contributed by atoms with E-state index in [1.807, 2.05) is 24.3 Å². The van der Waals surface area contributed by atoms with Gasteiger partial charge in [-0.05, 0) is 120 Å². The van der Waals surface area contributed by atoms with Gasteiger partial charge in [0.25, 0.3) is 0 Å². The number of para-hydroxylation sites is 1. The Balaban J connectivity index is 0.000000132. The minimum absolute atomic E-state index is 0.617. The number of aromatic nitrogens is 6. The van der Waals surface area contributed by atoms with Gasteiger partial charge in [-0.25, -0.2) is 19.9 Å². The minimum atomic E-state index is 0.617. The maximum atomic E-state index is 6.48. The van der Waals surface area contributed by atoms with Crippen LogP contribution in [0.2, 0.25) is 0 Å². The van der Waals surface area contributed by atoms with Gasteiger partial charge in [0.2, 0.25) is 11.9 Å². The molecule has 0 radical (unpaired) electrons. The quantitative estimate of drug-likeness (QED) is 0.166. The average Bonchev–Trinajstić information content (AvgIpc) is 1.57. The summed E-state index contributed by atoms with van der Waals surface area (Å²) in [6.07, 6.45) is 0. The van der Waals surface area contributed by atoms with Gasteiger partial charge in [-0.3, -0.25) is 9.13 Å². The van der Waals surface area contributed by atoms with Crippen LogP contribution in [0.1, 0.15) is 0 Å². The molecule has 0 bridgehead atoms. The SMILES string of the molecule is c1ccc(-c2ccc(-c3nc(-n4c5cc6ccccc6cc5c5c6ccccc6ccc54)nc4c3oc3ccccc34)cc2)cc1.c1ccc(-c2ccc(-c3nc(-n4c5cc6ccccc6cc5c5c6ccccc6ccc54)nc4c3sc3ccccc34)cc2)cc1. The number of furan rings is 1. The molecule has 0 spiro atoms. The third-order valence-electron chi connectivity index (χ3n) is 18.4. The van der Waals surface area contributed by atoms with Crippen molar-refractivity contribution < 1.29 is 4.42 Å². The van der Waals surface area contributed by atoms with Crippen molar-refractivity contribution in [3.05, 3.63) is 303 Å². The highest BCUT2D eigenvalue weighted by atomic mass is 32.1.